The highest BCUT2D eigenvalue weighted by Gasteiger charge is 2.32. The van der Waals surface area contributed by atoms with Gasteiger partial charge in [0.2, 0.25) is 0 Å². The van der Waals surface area contributed by atoms with E-state index < -0.39 is 12.2 Å². The van der Waals surface area contributed by atoms with Crippen molar-refractivity contribution in [3.05, 3.63) is 0 Å². The Kier molecular flexibility index (Phi) is 2.84. The molecule has 0 heterocycles. The van der Waals surface area contributed by atoms with E-state index in [9.17, 15) is 10.2 Å². The van der Waals surface area contributed by atoms with Gasteiger partial charge in [0, 0.05) is 12.1 Å². The van der Waals surface area contributed by atoms with Gasteiger partial charge in [-0.2, -0.15) is 0 Å². The Labute approximate surface area is 66.4 Å². The number of rotatable bonds is 1. The van der Waals surface area contributed by atoms with Crippen molar-refractivity contribution < 1.29 is 10.2 Å². The molecule has 0 aromatic heterocycles. The summed E-state index contributed by atoms with van der Waals surface area (Å²) < 4.78 is 0. The van der Waals surface area contributed by atoms with Gasteiger partial charge in [0.25, 0.3) is 0 Å². The van der Waals surface area contributed by atoms with Crippen LogP contribution in [0.25, 0.3) is 0 Å². The van der Waals surface area contributed by atoms with Crippen LogP contribution in [-0.4, -0.2) is 41.6 Å². The highest BCUT2D eigenvalue weighted by molar-refractivity contribution is 4.91. The fourth-order valence-electron chi connectivity index (χ4n) is 1.52. The van der Waals surface area contributed by atoms with Gasteiger partial charge in [-0.15, -0.1) is 0 Å². The molecule has 5 N–H and O–H groups in total. The number of aliphatic hydroxyl groups is 2. The first-order valence-electron chi connectivity index (χ1n) is 3.94. The van der Waals surface area contributed by atoms with E-state index >= 15 is 0 Å². The lowest BCUT2D eigenvalue weighted by Crippen LogP contribution is -2.54. The van der Waals surface area contributed by atoms with Gasteiger partial charge in [0.15, 0.2) is 0 Å². The van der Waals surface area contributed by atoms with Crippen LogP contribution in [0.15, 0.2) is 0 Å². The maximum atomic E-state index is 9.25. The second kappa shape index (κ2) is 3.49. The van der Waals surface area contributed by atoms with Crippen molar-refractivity contribution in [3.63, 3.8) is 0 Å². The molecule has 4 nitrogen and oxygen atoms in total. The van der Waals surface area contributed by atoms with Crippen LogP contribution in [0.1, 0.15) is 12.8 Å². The van der Waals surface area contributed by atoms with Crippen molar-refractivity contribution in [2.45, 2.75) is 37.1 Å². The Morgan fingerprint density at radius 2 is 1.82 bits per heavy atom. The maximum absolute atomic E-state index is 9.25. The molecule has 0 saturated heterocycles. The lowest BCUT2D eigenvalue weighted by atomic mass is 9.87. The average molecular weight is 160 g/mol. The smallest absolute Gasteiger partial charge is 0.0815 e. The summed E-state index contributed by atoms with van der Waals surface area (Å²) in [6, 6.07) is 0.0896. The van der Waals surface area contributed by atoms with E-state index in [1.165, 1.54) is 0 Å². The predicted octanol–water partition coefficient (Wildman–Crippen LogP) is -1.58. The van der Waals surface area contributed by atoms with Crippen LogP contribution in [0.2, 0.25) is 0 Å². The molecule has 4 atom stereocenters. The van der Waals surface area contributed by atoms with E-state index in [1.807, 2.05) is 7.05 Å². The molecule has 11 heavy (non-hydrogen) atoms. The molecule has 1 saturated carbocycles. The third kappa shape index (κ3) is 1.90. The summed E-state index contributed by atoms with van der Waals surface area (Å²) in [5, 5.41) is 21.5. The number of nitrogens with two attached hydrogens (primary N) is 1. The number of nitrogens with one attached hydrogen (secondary N) is 1. The van der Waals surface area contributed by atoms with Gasteiger partial charge in [0.1, 0.15) is 0 Å². The zero-order valence-corrected chi connectivity index (χ0v) is 6.70. The normalized spacial score (nSPS) is 45.8. The molecule has 0 radical (unpaired) electrons. The van der Waals surface area contributed by atoms with Crippen LogP contribution in [0.3, 0.4) is 0 Å². The molecule has 1 aliphatic rings. The quantitative estimate of drug-likeness (QED) is 0.373. The first kappa shape index (κ1) is 8.93. The molecular formula is C7H16N2O2. The second-order valence-electron chi connectivity index (χ2n) is 3.17. The Morgan fingerprint density at radius 3 is 2.36 bits per heavy atom. The summed E-state index contributed by atoms with van der Waals surface area (Å²) in [6.07, 6.45) is -0.243. The van der Waals surface area contributed by atoms with Crippen LogP contribution in [-0.2, 0) is 0 Å². The predicted molar refractivity (Wildman–Crippen MR) is 42.1 cm³/mol. The summed E-state index contributed by atoms with van der Waals surface area (Å²) >= 11 is 0. The van der Waals surface area contributed by atoms with Gasteiger partial charge >= 0.3 is 0 Å². The van der Waals surface area contributed by atoms with Crippen molar-refractivity contribution in [2.75, 3.05) is 7.05 Å². The van der Waals surface area contributed by atoms with Gasteiger partial charge in [-0.3, -0.25) is 0 Å². The average Bonchev–Trinajstić information content (AvgIpc) is 1.97. The van der Waals surface area contributed by atoms with Crippen LogP contribution < -0.4 is 11.1 Å². The minimum atomic E-state index is -0.644. The van der Waals surface area contributed by atoms with E-state index in [-0.39, 0.29) is 12.1 Å². The Morgan fingerprint density at radius 1 is 1.27 bits per heavy atom. The standard InChI is InChI=1S/C7H16N2O2/c1-9-5-3-7(11)6(10)2-4(5)8/h4-7,9-11H,2-3,8H2,1H3/t4-,5+,6?,7?/m0/s1. The van der Waals surface area contributed by atoms with E-state index in [2.05, 4.69) is 5.32 Å². The Balaban J connectivity index is 2.48. The zero-order chi connectivity index (χ0) is 8.43. The van der Waals surface area contributed by atoms with Gasteiger partial charge in [-0.1, -0.05) is 0 Å². The molecular weight excluding hydrogens is 144 g/mol. The molecule has 1 rings (SSSR count). The lowest BCUT2D eigenvalue weighted by Gasteiger charge is -2.34. The summed E-state index contributed by atoms with van der Waals surface area (Å²) in [5.74, 6) is 0. The molecule has 0 aliphatic heterocycles. The molecule has 2 unspecified atom stereocenters. The minimum absolute atomic E-state index is 0.0431. The van der Waals surface area contributed by atoms with Crippen molar-refractivity contribution >= 4 is 0 Å². The summed E-state index contributed by atoms with van der Waals surface area (Å²) in [5.41, 5.74) is 5.71. The zero-order valence-electron chi connectivity index (χ0n) is 6.70. The maximum Gasteiger partial charge on any atom is 0.0815 e. The largest absolute Gasteiger partial charge is 0.390 e. The molecule has 1 fully saturated rings. The SMILES string of the molecule is CN[C@@H]1CC(O)C(O)C[C@@H]1N. The van der Waals surface area contributed by atoms with Gasteiger partial charge in [-0.05, 0) is 19.9 Å². The number of hydrogen-bond donors (Lipinski definition) is 4. The second-order valence-corrected chi connectivity index (χ2v) is 3.17. The van der Waals surface area contributed by atoms with Gasteiger partial charge in [0.05, 0.1) is 12.2 Å². The van der Waals surface area contributed by atoms with E-state index in [4.69, 9.17) is 5.73 Å². The Hall–Kier alpha value is -0.160. The summed E-state index contributed by atoms with van der Waals surface area (Å²) in [6.45, 7) is 0. The molecule has 0 bridgehead atoms. The fraction of sp³-hybridized carbons (Fsp3) is 1.00. The first-order chi connectivity index (χ1) is 5.15. The Bertz CT molecular complexity index is 132. The van der Waals surface area contributed by atoms with E-state index in [0.29, 0.717) is 12.8 Å². The third-order valence-corrected chi connectivity index (χ3v) is 2.34. The van der Waals surface area contributed by atoms with Crippen molar-refractivity contribution in [2.24, 2.45) is 5.73 Å². The van der Waals surface area contributed by atoms with Gasteiger partial charge < -0.3 is 21.3 Å². The van der Waals surface area contributed by atoms with Crippen molar-refractivity contribution in [3.8, 4) is 0 Å². The summed E-state index contributed by atoms with van der Waals surface area (Å²) in [7, 11) is 1.81. The number of aliphatic hydroxyl groups excluding tert-OH is 2. The number of likely N-dealkylation sites (N-methyl/N-ethyl adjacent to an activating group) is 1. The van der Waals surface area contributed by atoms with Crippen LogP contribution in [0.4, 0.5) is 0 Å². The highest BCUT2D eigenvalue weighted by Crippen LogP contribution is 2.17. The van der Waals surface area contributed by atoms with Gasteiger partial charge in [-0.25, -0.2) is 0 Å². The molecule has 0 amide bonds. The number of hydrogen-bond acceptors (Lipinski definition) is 4. The van der Waals surface area contributed by atoms with Crippen molar-refractivity contribution in [1.82, 2.24) is 5.32 Å². The molecule has 1 aliphatic carbocycles. The third-order valence-electron chi connectivity index (χ3n) is 2.34. The van der Waals surface area contributed by atoms with Crippen LogP contribution in [0, 0.1) is 0 Å². The fourth-order valence-corrected chi connectivity index (χ4v) is 1.52. The first-order valence-corrected chi connectivity index (χ1v) is 3.94. The van der Waals surface area contributed by atoms with E-state index in [1.54, 1.807) is 0 Å². The van der Waals surface area contributed by atoms with Crippen LogP contribution in [0.5, 0.6) is 0 Å². The monoisotopic (exact) mass is 160 g/mol. The minimum Gasteiger partial charge on any atom is -0.390 e. The lowest BCUT2D eigenvalue weighted by molar-refractivity contribution is -0.0234. The molecule has 0 aromatic carbocycles. The topological polar surface area (TPSA) is 78.5 Å². The molecule has 0 spiro atoms. The van der Waals surface area contributed by atoms with Crippen LogP contribution >= 0.6 is 0 Å². The summed E-state index contributed by atoms with van der Waals surface area (Å²) in [4.78, 5) is 0. The van der Waals surface area contributed by atoms with E-state index in [0.717, 1.165) is 0 Å². The highest BCUT2D eigenvalue weighted by atomic mass is 16.3. The molecule has 66 valence electrons. The molecule has 0 aromatic rings. The molecule has 4 heteroatoms. The van der Waals surface area contributed by atoms with Crippen molar-refractivity contribution in [1.29, 1.82) is 0 Å².